The summed E-state index contributed by atoms with van der Waals surface area (Å²) in [7, 11) is 5.29. The Morgan fingerprint density at radius 2 is 2.14 bits per heavy atom. The van der Waals surface area contributed by atoms with Crippen LogP contribution in [-0.4, -0.2) is 54.8 Å². The molecule has 118 valence electrons. The van der Waals surface area contributed by atoms with Crippen LogP contribution >= 0.6 is 0 Å². The third-order valence-corrected chi connectivity index (χ3v) is 2.95. The normalized spacial score (nSPS) is 14.0. The van der Waals surface area contributed by atoms with Crippen molar-refractivity contribution in [2.45, 2.75) is 19.1 Å². The Morgan fingerprint density at radius 3 is 2.67 bits per heavy atom. The lowest BCUT2D eigenvalue weighted by molar-refractivity contribution is -0.384. The van der Waals surface area contributed by atoms with E-state index in [1.54, 1.807) is 13.0 Å². The van der Waals surface area contributed by atoms with Gasteiger partial charge in [0, 0.05) is 37.3 Å². The van der Waals surface area contributed by atoms with E-state index in [9.17, 15) is 15.2 Å². The van der Waals surface area contributed by atoms with Crippen molar-refractivity contribution >= 4 is 5.69 Å². The van der Waals surface area contributed by atoms with Crippen LogP contribution in [0.4, 0.5) is 5.69 Å². The maximum atomic E-state index is 10.8. The molecule has 0 amide bonds. The topological polar surface area (TPSA) is 87.9 Å². The zero-order chi connectivity index (χ0) is 16.0. The van der Waals surface area contributed by atoms with Gasteiger partial charge in [0.15, 0.2) is 0 Å². The molecule has 1 rings (SSSR count). The fourth-order valence-corrected chi connectivity index (χ4v) is 2.22. The zero-order valence-electron chi connectivity index (χ0n) is 12.9. The predicted octanol–water partition coefficient (Wildman–Crippen LogP) is 1.01. The molecule has 0 heterocycles. The molecule has 0 saturated heterocycles. The second kappa shape index (κ2) is 7.35. The van der Waals surface area contributed by atoms with Gasteiger partial charge in [0.2, 0.25) is 0 Å². The third-order valence-electron chi connectivity index (χ3n) is 2.95. The lowest BCUT2D eigenvalue weighted by atomic mass is 10.1. The number of likely N-dealkylation sites (N-methyl/N-ethyl adjacent to an activating group) is 1. The van der Waals surface area contributed by atoms with E-state index < -0.39 is 10.5 Å². The van der Waals surface area contributed by atoms with E-state index in [0.717, 1.165) is 0 Å². The van der Waals surface area contributed by atoms with Gasteiger partial charge in [-0.05, 0) is 27.1 Å². The first-order valence-electron chi connectivity index (χ1n) is 6.64. The molecule has 1 unspecified atom stereocenters. The van der Waals surface area contributed by atoms with Crippen LogP contribution < -0.4 is 10.1 Å². The molecule has 0 aliphatic carbocycles. The van der Waals surface area contributed by atoms with Gasteiger partial charge in [0.05, 0.1) is 17.6 Å². The van der Waals surface area contributed by atoms with E-state index in [1.165, 1.54) is 19.2 Å². The molecule has 7 heteroatoms. The van der Waals surface area contributed by atoms with Gasteiger partial charge in [0.1, 0.15) is 5.75 Å². The Bertz CT molecular complexity index is 489. The average molecular weight is 297 g/mol. The predicted molar refractivity (Wildman–Crippen MR) is 80.5 cm³/mol. The number of nitro groups is 1. The molecule has 0 bridgehead atoms. The number of methoxy groups -OCH3 is 1. The molecule has 0 aliphatic heterocycles. The molecule has 1 aromatic rings. The summed E-state index contributed by atoms with van der Waals surface area (Å²) in [4.78, 5) is 12.3. The van der Waals surface area contributed by atoms with Gasteiger partial charge in [-0.3, -0.25) is 10.1 Å². The highest BCUT2D eigenvalue weighted by atomic mass is 16.6. The van der Waals surface area contributed by atoms with Gasteiger partial charge in [-0.2, -0.15) is 0 Å². The van der Waals surface area contributed by atoms with Gasteiger partial charge in [-0.25, -0.2) is 0 Å². The summed E-state index contributed by atoms with van der Waals surface area (Å²) in [5, 5.41) is 24.1. The maximum absolute atomic E-state index is 10.8. The molecular weight excluding hydrogens is 274 g/mol. The Morgan fingerprint density at radius 1 is 1.48 bits per heavy atom. The van der Waals surface area contributed by atoms with Crippen LogP contribution in [-0.2, 0) is 6.54 Å². The molecule has 0 spiro atoms. The highest BCUT2D eigenvalue weighted by molar-refractivity contribution is 5.43. The highest BCUT2D eigenvalue weighted by Crippen LogP contribution is 2.23. The number of aliphatic hydroxyl groups is 1. The average Bonchev–Trinajstić information content (AvgIpc) is 2.36. The molecule has 7 nitrogen and oxygen atoms in total. The summed E-state index contributed by atoms with van der Waals surface area (Å²) in [6.07, 6.45) is 0. The molecule has 0 aliphatic rings. The molecular formula is C14H23N3O4. The van der Waals surface area contributed by atoms with Crippen molar-refractivity contribution in [1.82, 2.24) is 10.2 Å². The van der Waals surface area contributed by atoms with E-state index >= 15 is 0 Å². The summed E-state index contributed by atoms with van der Waals surface area (Å²) >= 11 is 0. The van der Waals surface area contributed by atoms with Crippen LogP contribution in [0.3, 0.4) is 0 Å². The molecule has 0 aromatic heterocycles. The molecule has 2 N–H and O–H groups in total. The van der Waals surface area contributed by atoms with E-state index in [-0.39, 0.29) is 5.69 Å². The lowest BCUT2D eigenvalue weighted by Crippen LogP contribution is -2.45. The molecule has 0 saturated carbocycles. The van der Waals surface area contributed by atoms with Crippen molar-refractivity contribution in [2.24, 2.45) is 0 Å². The number of nitrogens with one attached hydrogen (secondary N) is 1. The number of rotatable bonds is 8. The second-order valence-corrected chi connectivity index (χ2v) is 5.59. The van der Waals surface area contributed by atoms with Crippen molar-refractivity contribution in [3.8, 4) is 5.75 Å². The fraction of sp³-hybridized carbons (Fsp3) is 0.571. The van der Waals surface area contributed by atoms with Crippen molar-refractivity contribution in [1.29, 1.82) is 0 Å². The molecule has 0 radical (unpaired) electrons. The Balaban J connectivity index is 2.70. The molecule has 1 atom stereocenters. The SMILES string of the molecule is COc1ccc([N+](=O)[O-])cc1CNCC(C)(O)CN(C)C. The molecule has 1 aromatic carbocycles. The lowest BCUT2D eigenvalue weighted by Gasteiger charge is -2.27. The number of non-ortho nitro benzene ring substituents is 1. The smallest absolute Gasteiger partial charge is 0.270 e. The number of nitrogens with zero attached hydrogens (tertiary/aromatic N) is 2. The number of hydrogen-bond acceptors (Lipinski definition) is 6. The monoisotopic (exact) mass is 297 g/mol. The maximum Gasteiger partial charge on any atom is 0.270 e. The first kappa shape index (κ1) is 17.4. The summed E-state index contributed by atoms with van der Waals surface area (Å²) in [5.41, 5.74) is -0.169. The van der Waals surface area contributed by atoms with Crippen molar-refractivity contribution in [3.05, 3.63) is 33.9 Å². The zero-order valence-corrected chi connectivity index (χ0v) is 12.9. The number of nitro benzene ring substituents is 1. The highest BCUT2D eigenvalue weighted by Gasteiger charge is 2.21. The quantitative estimate of drug-likeness (QED) is 0.550. The Hall–Kier alpha value is -1.70. The molecule has 0 fully saturated rings. The van der Waals surface area contributed by atoms with Gasteiger partial charge in [-0.15, -0.1) is 0 Å². The number of hydrogen-bond donors (Lipinski definition) is 2. The fourth-order valence-electron chi connectivity index (χ4n) is 2.22. The summed E-state index contributed by atoms with van der Waals surface area (Å²) in [5.74, 6) is 0.584. The van der Waals surface area contributed by atoms with Crippen LogP contribution in [0, 0.1) is 10.1 Å². The van der Waals surface area contributed by atoms with Gasteiger partial charge in [-0.1, -0.05) is 0 Å². The minimum absolute atomic E-state index is 0.0210. The second-order valence-electron chi connectivity index (χ2n) is 5.59. The summed E-state index contributed by atoms with van der Waals surface area (Å²) in [6.45, 7) is 3.02. The minimum Gasteiger partial charge on any atom is -0.496 e. The van der Waals surface area contributed by atoms with Crippen LogP contribution in [0.15, 0.2) is 18.2 Å². The first-order valence-corrected chi connectivity index (χ1v) is 6.64. The van der Waals surface area contributed by atoms with Crippen molar-refractivity contribution in [2.75, 3.05) is 34.3 Å². The first-order chi connectivity index (χ1) is 9.75. The Labute approximate surface area is 124 Å². The van der Waals surface area contributed by atoms with Crippen LogP contribution in [0.1, 0.15) is 12.5 Å². The van der Waals surface area contributed by atoms with Crippen LogP contribution in [0.2, 0.25) is 0 Å². The summed E-state index contributed by atoms with van der Waals surface area (Å²) < 4.78 is 5.19. The third kappa shape index (κ3) is 5.66. The van der Waals surface area contributed by atoms with E-state index in [0.29, 0.717) is 30.9 Å². The molecule has 21 heavy (non-hydrogen) atoms. The van der Waals surface area contributed by atoms with E-state index in [2.05, 4.69) is 5.32 Å². The summed E-state index contributed by atoms with van der Waals surface area (Å²) in [6, 6.07) is 4.46. The number of ether oxygens (including phenoxy) is 1. The standard InChI is InChI=1S/C14H23N3O4/c1-14(18,10-16(2)3)9-15-8-11-7-12(17(19)20)5-6-13(11)21-4/h5-7,15,18H,8-10H2,1-4H3. The largest absolute Gasteiger partial charge is 0.496 e. The van der Waals surface area contributed by atoms with Crippen LogP contribution in [0.25, 0.3) is 0 Å². The number of benzene rings is 1. The van der Waals surface area contributed by atoms with Gasteiger partial charge < -0.3 is 20.1 Å². The van der Waals surface area contributed by atoms with Gasteiger partial charge >= 0.3 is 0 Å². The van der Waals surface area contributed by atoms with Gasteiger partial charge in [0.25, 0.3) is 5.69 Å². The minimum atomic E-state index is -0.878. The van der Waals surface area contributed by atoms with E-state index in [4.69, 9.17) is 4.74 Å². The van der Waals surface area contributed by atoms with Crippen molar-refractivity contribution < 1.29 is 14.8 Å². The van der Waals surface area contributed by atoms with Crippen molar-refractivity contribution in [3.63, 3.8) is 0 Å². The van der Waals surface area contributed by atoms with E-state index in [1.807, 2.05) is 19.0 Å². The van der Waals surface area contributed by atoms with Crippen LogP contribution in [0.5, 0.6) is 5.75 Å². The Kier molecular flexibility index (Phi) is 6.07.